The molecule has 0 radical (unpaired) electrons. The topological polar surface area (TPSA) is 626 Å². The first-order chi connectivity index (χ1) is 45.3. The summed E-state index contributed by atoms with van der Waals surface area (Å²) in [7, 11) is 0.252. The number of nitrogen functional groups attached to an aromatic ring is 1. The van der Waals surface area contributed by atoms with Crippen LogP contribution < -0.4 is 59.9 Å². The number of carboxylic acids is 1. The van der Waals surface area contributed by atoms with Gasteiger partial charge >= 0.3 is 6.09 Å². The molecular weight excluding hydrogens is 1330 g/mol. The van der Waals surface area contributed by atoms with Crippen LogP contribution in [-0.4, -0.2) is 267 Å². The second kappa shape index (κ2) is 35.8. The fourth-order valence-corrected chi connectivity index (χ4v) is 12.1. The Hall–Kier alpha value is -7.30. The van der Waals surface area contributed by atoms with Crippen LogP contribution >= 0.6 is 22.7 Å². The minimum Gasteiger partial charge on any atom is -0.544 e. The van der Waals surface area contributed by atoms with E-state index in [2.05, 4.69) is 80.0 Å². The standard InChI is InChI=1S/C55H82N16O22S3/c1-20-33(68-45(71-44(20)58)25(12-31(57)75)63-13-24(56)52(86)87)49(84)70-35(41(26-14-60-19-64-26)91-54-43(39(79)37(77)29(15-72)90-54)92-53-40(80)42(93-55(59)88)38(78)30(16-73)89-53)50(85)65-22(3)36(76)21(2)46(81)69-34(23(4)74)48(83)62-10-8-32-66-28(18-94-32)51-67-27(17-95-51)47(82)61-9-7-11-96(5)6/h14,17-19,21-25,29-30,34-43,53-54,63,72-74,76-80H,7-13,15-16,56H2,1-6H3,(H12-,57,58,59,60,61,62,64,65,68,69,70,71,75,81,82,83,84,85,86,87,88)/p+1/t21-,22+,23+,24-,25-,29-,30+,34-,35-,36-,37+,38+,39-,40-,41-,42-,43-,53+,54-/m0/s1. The number of primary amides is 2. The molecule has 6 rings (SSSR count). The number of aliphatic hydroxyl groups is 8. The maximum absolute atomic E-state index is 15.2. The maximum Gasteiger partial charge on any atom is 0.404 e. The zero-order chi connectivity index (χ0) is 71.0. The van der Waals surface area contributed by atoms with Gasteiger partial charge in [0, 0.05) is 48.7 Å². The van der Waals surface area contributed by atoms with E-state index in [4.69, 9.17) is 40.9 Å². The molecule has 4 aromatic rings. The average molecular weight is 1420 g/mol. The van der Waals surface area contributed by atoms with Crippen LogP contribution in [0.25, 0.3) is 10.7 Å². The van der Waals surface area contributed by atoms with E-state index in [1.807, 2.05) is 0 Å². The SMILES string of the molecule is Cc1c(N)nc([C@H](CC(N)=O)NC[C@H]([NH3+])C(=O)[O-])nc1C(=O)N[C@H](C(=O)N[C@H](C)[C@@H](O)[C@H](C)C(=O)N[C@H](C(=O)NCCc1nc(-c2nc(C(=O)NCCC[S+](C)C)cs2)cs1)[C@@H](C)O)[C@@H](O[C@@H]1O[C@@H](CO)[C@@H](O)[C@H](O)[C@@H]1O[C@H]1O[C@H](CO)[C@@H](O)[C@H](OC(N)=O)[C@@H]1O)c1cnc[nH]1. The Kier molecular flexibility index (Phi) is 29.0. The number of nitrogens with two attached hydrogens (primary N) is 3. The van der Waals surface area contributed by atoms with Crippen molar-refractivity contribution in [3.8, 4) is 10.7 Å². The highest BCUT2D eigenvalue weighted by atomic mass is 32.2. The zero-order valence-corrected chi connectivity index (χ0v) is 55.3. The van der Waals surface area contributed by atoms with Gasteiger partial charge in [-0.05, 0) is 31.7 Å². The molecule has 0 bridgehead atoms. The number of aliphatic hydroxyl groups excluding tert-OH is 8. The summed E-state index contributed by atoms with van der Waals surface area (Å²) in [5.41, 5.74) is 20.3. The largest absolute Gasteiger partial charge is 0.544 e. The summed E-state index contributed by atoms with van der Waals surface area (Å²) in [5, 5.41) is 120. The van der Waals surface area contributed by atoms with Crippen LogP contribution in [0.1, 0.15) is 88.8 Å². The number of rotatable bonds is 35. The van der Waals surface area contributed by atoms with Crippen molar-refractivity contribution in [2.24, 2.45) is 17.4 Å². The molecule has 38 nitrogen and oxygen atoms in total. The number of amides is 7. The highest BCUT2D eigenvalue weighted by molar-refractivity contribution is 7.95. The van der Waals surface area contributed by atoms with Crippen molar-refractivity contribution >= 4 is 86.9 Å². The molecule has 24 N–H and O–H groups in total. The van der Waals surface area contributed by atoms with E-state index in [0.717, 1.165) is 24.7 Å². The van der Waals surface area contributed by atoms with Crippen LogP contribution in [0.2, 0.25) is 0 Å². The first-order valence-corrected chi connectivity index (χ1v) is 33.8. The van der Waals surface area contributed by atoms with Gasteiger partial charge in [0.15, 0.2) is 18.7 Å². The Bertz CT molecular complexity index is 3280. The Morgan fingerprint density at radius 3 is 2.12 bits per heavy atom. The minimum atomic E-state index is -2.20. The third-order valence-corrected chi connectivity index (χ3v) is 18.2. The molecule has 2 saturated heterocycles. The molecule has 0 unspecified atom stereocenters. The number of thiazole rings is 2. The van der Waals surface area contributed by atoms with Gasteiger partial charge in [-0.1, -0.05) is 6.92 Å². The van der Waals surface area contributed by atoms with E-state index in [9.17, 15) is 79.5 Å². The Balaban J connectivity index is 1.26. The second-order valence-corrected chi connectivity index (χ2v) is 27.0. The van der Waals surface area contributed by atoms with Crippen molar-refractivity contribution in [2.75, 3.05) is 56.8 Å². The van der Waals surface area contributed by atoms with E-state index >= 15 is 4.79 Å². The maximum atomic E-state index is 15.2. The Morgan fingerprint density at radius 2 is 1.50 bits per heavy atom. The molecule has 2 aliphatic heterocycles. The van der Waals surface area contributed by atoms with E-state index < -0.39 is 189 Å². The number of carboxylic acid groups (broad SMARTS) is 1. The number of hydrogen-bond donors (Lipinski definition) is 19. The Labute approximate surface area is 558 Å². The number of anilines is 1. The van der Waals surface area contributed by atoms with Crippen LogP contribution in [-0.2, 0) is 65.0 Å². The molecule has 41 heteroatoms. The summed E-state index contributed by atoms with van der Waals surface area (Å²) in [6.07, 6.45) is -20.1. The molecule has 0 spiro atoms. The number of quaternary nitrogens is 1. The van der Waals surface area contributed by atoms with Gasteiger partial charge in [-0.25, -0.2) is 29.7 Å². The lowest BCUT2D eigenvalue weighted by molar-refractivity contribution is -0.435. The molecule has 0 aromatic carbocycles. The van der Waals surface area contributed by atoms with Gasteiger partial charge in [0.05, 0.1) is 85.7 Å². The number of ether oxygens (including phenoxy) is 5. The number of carbonyl (C=O) groups is 8. The molecule has 96 heavy (non-hydrogen) atoms. The van der Waals surface area contributed by atoms with E-state index in [0.29, 0.717) is 22.3 Å². The molecule has 7 amide bonds. The van der Waals surface area contributed by atoms with Gasteiger partial charge in [-0.3, -0.25) is 28.8 Å². The lowest BCUT2D eigenvalue weighted by Gasteiger charge is -2.47. The smallest absolute Gasteiger partial charge is 0.404 e. The number of nitrogens with zero attached hydrogens (tertiary/aromatic N) is 5. The number of imidazole rings is 1. The van der Waals surface area contributed by atoms with Crippen molar-refractivity contribution in [3.05, 3.63) is 56.8 Å². The van der Waals surface area contributed by atoms with Gasteiger partial charge in [0.25, 0.3) is 11.8 Å². The number of hydrogen-bond acceptors (Lipinski definition) is 31. The molecule has 2 fully saturated rings. The normalized spacial score (nSPS) is 24.0. The van der Waals surface area contributed by atoms with Crippen LogP contribution in [0, 0.1) is 12.8 Å². The number of carbonyl (C=O) groups excluding carboxylic acids is 8. The number of aromatic nitrogens is 6. The highest BCUT2D eigenvalue weighted by Gasteiger charge is 2.54. The van der Waals surface area contributed by atoms with Crippen LogP contribution in [0.3, 0.4) is 0 Å². The molecule has 19 atom stereocenters. The van der Waals surface area contributed by atoms with Crippen LogP contribution in [0.4, 0.5) is 10.6 Å². The molecule has 0 aliphatic carbocycles. The van der Waals surface area contributed by atoms with Crippen molar-refractivity contribution in [2.45, 2.75) is 157 Å². The number of aromatic amines is 1. The first-order valence-electron chi connectivity index (χ1n) is 29.8. The lowest BCUT2D eigenvalue weighted by Crippen LogP contribution is -2.71. The molecule has 4 aromatic heterocycles. The van der Waals surface area contributed by atoms with Gasteiger partial charge in [0.2, 0.25) is 23.6 Å². The summed E-state index contributed by atoms with van der Waals surface area (Å²) in [6, 6.07) is -8.00. The average Bonchev–Trinajstić information content (AvgIpc) is 0.885. The first kappa shape index (κ1) is 77.7. The van der Waals surface area contributed by atoms with Gasteiger partial charge in [-0.15, -0.1) is 22.7 Å². The third-order valence-electron chi connectivity index (χ3n) is 15.3. The summed E-state index contributed by atoms with van der Waals surface area (Å²) in [4.78, 5) is 130. The number of H-pyrrole nitrogens is 1. The monoisotopic (exact) mass is 1420 g/mol. The predicted octanol–water partition coefficient (Wildman–Crippen LogP) is -9.16. The van der Waals surface area contributed by atoms with Gasteiger partial charge < -0.3 is 134 Å². The zero-order valence-electron chi connectivity index (χ0n) is 52.8. The van der Waals surface area contributed by atoms with Gasteiger partial charge in [-0.2, -0.15) is 0 Å². The van der Waals surface area contributed by atoms with E-state index in [-0.39, 0.29) is 58.4 Å². The summed E-state index contributed by atoms with van der Waals surface area (Å²) < 4.78 is 28.7. The summed E-state index contributed by atoms with van der Waals surface area (Å²) >= 11 is 2.52. The van der Waals surface area contributed by atoms with E-state index in [1.54, 1.807) is 10.8 Å². The Morgan fingerprint density at radius 1 is 0.812 bits per heavy atom. The van der Waals surface area contributed by atoms with Crippen molar-refractivity contribution in [1.29, 1.82) is 0 Å². The fraction of sp³-hybridized carbons (Fsp3) is 0.618. The molecule has 2 aliphatic rings. The predicted molar refractivity (Wildman–Crippen MR) is 333 cm³/mol. The second-order valence-electron chi connectivity index (χ2n) is 22.8. The quantitative estimate of drug-likeness (QED) is 0.0150. The number of aliphatic carboxylic acids is 1. The molecule has 0 saturated carbocycles. The van der Waals surface area contributed by atoms with Crippen molar-refractivity contribution in [3.63, 3.8) is 0 Å². The summed E-state index contributed by atoms with van der Waals surface area (Å²) in [5.74, 6) is -8.46. The molecule has 6 heterocycles. The van der Waals surface area contributed by atoms with Crippen LogP contribution in [0.15, 0.2) is 23.3 Å². The summed E-state index contributed by atoms with van der Waals surface area (Å²) in [6.45, 7) is 3.05. The molecule has 532 valence electrons. The number of nitrogens with one attached hydrogen (secondary N) is 7. The minimum absolute atomic E-state index is 0.00859. The third kappa shape index (κ3) is 20.6. The van der Waals surface area contributed by atoms with E-state index in [1.165, 1.54) is 50.4 Å². The lowest BCUT2D eigenvalue weighted by atomic mass is 9.96. The van der Waals surface area contributed by atoms with Crippen LogP contribution in [0.5, 0.6) is 0 Å². The van der Waals surface area contributed by atoms with Crippen molar-refractivity contribution < 1.29 is 114 Å². The molecular formula is C55H83N16O22S3+. The van der Waals surface area contributed by atoms with Crippen molar-refractivity contribution in [1.82, 2.24) is 61.8 Å². The highest BCUT2D eigenvalue weighted by Crippen LogP contribution is 2.35. The fourth-order valence-electron chi connectivity index (χ4n) is 9.80. The van der Waals surface area contributed by atoms with Gasteiger partial charge in [0.1, 0.15) is 112 Å².